The Hall–Kier alpha value is -2.18. The van der Waals surface area contributed by atoms with Crippen LogP contribution in [0.25, 0.3) is 11.3 Å². The second-order valence-electron chi connectivity index (χ2n) is 4.05. The van der Waals surface area contributed by atoms with E-state index in [1.807, 2.05) is 0 Å². The van der Waals surface area contributed by atoms with Crippen molar-refractivity contribution in [1.82, 2.24) is 0 Å². The molecule has 0 aliphatic heterocycles. The topological polar surface area (TPSA) is 72.5 Å². The van der Waals surface area contributed by atoms with E-state index in [2.05, 4.69) is 0 Å². The first kappa shape index (κ1) is 14.2. The molecule has 2 aromatic rings. The molecular formula is C14H12FNO3S. The normalized spacial score (nSPS) is 11.9. The Bertz CT molecular complexity index is 661. The van der Waals surface area contributed by atoms with Gasteiger partial charge in [0, 0.05) is 5.57 Å². The molecule has 20 heavy (non-hydrogen) atoms. The average Bonchev–Trinajstić information content (AvgIpc) is 2.90. The molecule has 0 saturated heterocycles. The lowest BCUT2D eigenvalue weighted by Gasteiger charge is -2.08. The first-order valence-electron chi connectivity index (χ1n) is 5.70. The molecule has 0 amide bonds. The lowest BCUT2D eigenvalue weighted by Crippen LogP contribution is -2.00. The van der Waals surface area contributed by atoms with Gasteiger partial charge in [0.05, 0.1) is 4.88 Å². The Morgan fingerprint density at radius 2 is 1.80 bits per heavy atom. The average molecular weight is 293 g/mol. The number of carbonyl (C=O) groups is 1. The number of halogens is 1. The number of nitrogens with two attached hydrogens (primary N) is 1. The van der Waals surface area contributed by atoms with E-state index in [0.717, 1.165) is 16.9 Å². The second-order valence-corrected chi connectivity index (χ2v) is 5.13. The van der Waals surface area contributed by atoms with Gasteiger partial charge in [-0.2, -0.15) is 5.90 Å². The summed E-state index contributed by atoms with van der Waals surface area (Å²) in [6.45, 7) is 1.77. The second kappa shape index (κ2) is 5.85. The van der Waals surface area contributed by atoms with Crippen LogP contribution in [-0.4, -0.2) is 11.1 Å². The minimum absolute atomic E-state index is 0.196. The molecule has 4 nitrogen and oxygen atoms in total. The maximum atomic E-state index is 12.9. The Morgan fingerprint density at radius 3 is 2.30 bits per heavy atom. The number of hydrogen-bond acceptors (Lipinski definition) is 4. The first-order chi connectivity index (χ1) is 9.52. The predicted octanol–water partition coefficient (Wildman–Crippen LogP) is 3.36. The summed E-state index contributed by atoms with van der Waals surface area (Å²) in [5, 5.41) is 8.92. The zero-order chi connectivity index (χ0) is 14.7. The standard InChI is InChI=1S/C14H12FNO3S/c1-8(9-2-4-10(15)5-3-9)13(19-16)11-6-7-12(20-11)14(17)18/h2-7H,16H2,1H3,(H,17,18)/b13-8+. The third-order valence-electron chi connectivity index (χ3n) is 2.78. The van der Waals surface area contributed by atoms with E-state index in [-0.39, 0.29) is 10.7 Å². The fraction of sp³-hybridized carbons (Fsp3) is 0.0714. The molecule has 0 radical (unpaired) electrons. The summed E-state index contributed by atoms with van der Waals surface area (Å²) in [6, 6.07) is 9.00. The molecule has 0 fully saturated rings. The van der Waals surface area contributed by atoms with Crippen molar-refractivity contribution in [2.45, 2.75) is 6.92 Å². The molecule has 1 aromatic carbocycles. The lowest BCUT2D eigenvalue weighted by atomic mass is 10.1. The molecule has 2 rings (SSSR count). The number of rotatable bonds is 4. The molecule has 0 spiro atoms. The van der Waals surface area contributed by atoms with Crippen LogP contribution in [0.3, 0.4) is 0 Å². The summed E-state index contributed by atoms with van der Waals surface area (Å²) in [5.41, 5.74) is 1.45. The van der Waals surface area contributed by atoms with E-state index in [9.17, 15) is 9.18 Å². The molecule has 0 aliphatic rings. The Balaban J connectivity index is 2.45. The van der Waals surface area contributed by atoms with E-state index < -0.39 is 5.97 Å². The maximum Gasteiger partial charge on any atom is 0.345 e. The van der Waals surface area contributed by atoms with Crippen LogP contribution in [0.1, 0.15) is 27.0 Å². The smallest absolute Gasteiger partial charge is 0.345 e. The van der Waals surface area contributed by atoms with Crippen LogP contribution in [0.2, 0.25) is 0 Å². The highest BCUT2D eigenvalue weighted by atomic mass is 32.1. The van der Waals surface area contributed by atoms with Gasteiger partial charge >= 0.3 is 5.97 Å². The van der Waals surface area contributed by atoms with Gasteiger partial charge < -0.3 is 9.94 Å². The van der Waals surface area contributed by atoms with Crippen molar-refractivity contribution >= 4 is 28.6 Å². The summed E-state index contributed by atoms with van der Waals surface area (Å²) in [4.78, 5) is 16.6. The van der Waals surface area contributed by atoms with Crippen LogP contribution in [0.15, 0.2) is 36.4 Å². The minimum Gasteiger partial charge on any atom is -0.477 e. The van der Waals surface area contributed by atoms with Crippen LogP contribution < -0.4 is 5.90 Å². The van der Waals surface area contributed by atoms with Gasteiger partial charge in [-0.25, -0.2) is 9.18 Å². The van der Waals surface area contributed by atoms with E-state index in [0.29, 0.717) is 16.2 Å². The molecular weight excluding hydrogens is 281 g/mol. The summed E-state index contributed by atoms with van der Waals surface area (Å²) in [7, 11) is 0. The van der Waals surface area contributed by atoms with Gasteiger partial charge in [-0.1, -0.05) is 12.1 Å². The molecule has 0 atom stereocenters. The zero-order valence-corrected chi connectivity index (χ0v) is 11.4. The van der Waals surface area contributed by atoms with Gasteiger partial charge in [0.25, 0.3) is 0 Å². The van der Waals surface area contributed by atoms with Gasteiger partial charge in [-0.15, -0.1) is 11.3 Å². The molecule has 0 bridgehead atoms. The highest BCUT2D eigenvalue weighted by molar-refractivity contribution is 7.15. The van der Waals surface area contributed by atoms with Crippen LogP contribution in [0, 0.1) is 5.82 Å². The summed E-state index contributed by atoms with van der Waals surface area (Å²) in [6.07, 6.45) is 0. The fourth-order valence-electron chi connectivity index (χ4n) is 1.74. The molecule has 1 heterocycles. The van der Waals surface area contributed by atoms with Crippen LogP contribution in [0.4, 0.5) is 4.39 Å². The SMILES string of the molecule is C/C(=C(\ON)c1ccc(C(=O)O)s1)c1ccc(F)cc1. The minimum atomic E-state index is -1.00. The van der Waals surface area contributed by atoms with E-state index >= 15 is 0 Å². The number of benzene rings is 1. The van der Waals surface area contributed by atoms with Crippen molar-refractivity contribution in [3.05, 3.63) is 57.5 Å². The third-order valence-corrected chi connectivity index (χ3v) is 3.85. The van der Waals surface area contributed by atoms with Crippen molar-refractivity contribution in [2.75, 3.05) is 0 Å². The van der Waals surface area contributed by atoms with E-state index in [4.69, 9.17) is 15.8 Å². The van der Waals surface area contributed by atoms with Crippen molar-refractivity contribution in [3.63, 3.8) is 0 Å². The highest BCUT2D eigenvalue weighted by Crippen LogP contribution is 2.30. The molecule has 1 aromatic heterocycles. The third kappa shape index (κ3) is 2.87. The van der Waals surface area contributed by atoms with E-state index in [1.165, 1.54) is 18.2 Å². The Morgan fingerprint density at radius 1 is 1.20 bits per heavy atom. The maximum absolute atomic E-state index is 12.9. The van der Waals surface area contributed by atoms with Gasteiger partial charge in [0.15, 0.2) is 5.76 Å². The number of thiophene rings is 1. The van der Waals surface area contributed by atoms with Crippen molar-refractivity contribution in [1.29, 1.82) is 0 Å². The van der Waals surface area contributed by atoms with Gasteiger partial charge in [0.2, 0.25) is 0 Å². The number of hydrogen-bond donors (Lipinski definition) is 2. The highest BCUT2D eigenvalue weighted by Gasteiger charge is 2.14. The molecule has 0 unspecified atom stereocenters. The van der Waals surface area contributed by atoms with Crippen molar-refractivity contribution < 1.29 is 19.1 Å². The van der Waals surface area contributed by atoms with Crippen molar-refractivity contribution in [2.24, 2.45) is 5.90 Å². The van der Waals surface area contributed by atoms with Crippen molar-refractivity contribution in [3.8, 4) is 0 Å². The monoisotopic (exact) mass is 293 g/mol. The predicted molar refractivity (Wildman–Crippen MR) is 75.4 cm³/mol. The van der Waals surface area contributed by atoms with Gasteiger partial charge in [-0.3, -0.25) is 0 Å². The molecule has 0 saturated carbocycles. The number of aromatic carboxylic acids is 1. The Labute approximate surface area is 118 Å². The zero-order valence-electron chi connectivity index (χ0n) is 10.6. The summed E-state index contributed by atoms with van der Waals surface area (Å²) >= 11 is 1.06. The quantitative estimate of drug-likeness (QED) is 0.669. The number of allylic oxidation sites excluding steroid dienone is 1. The molecule has 104 valence electrons. The number of carboxylic acids is 1. The summed E-state index contributed by atoms with van der Waals surface area (Å²) < 4.78 is 12.9. The Kier molecular flexibility index (Phi) is 4.16. The van der Waals surface area contributed by atoms with Crippen LogP contribution in [0.5, 0.6) is 0 Å². The van der Waals surface area contributed by atoms with Crippen LogP contribution >= 0.6 is 11.3 Å². The molecule has 0 aliphatic carbocycles. The largest absolute Gasteiger partial charge is 0.477 e. The molecule has 3 N–H and O–H groups in total. The summed E-state index contributed by atoms with van der Waals surface area (Å²) in [5.74, 6) is 4.32. The van der Waals surface area contributed by atoms with E-state index in [1.54, 1.807) is 25.1 Å². The fourth-order valence-corrected chi connectivity index (χ4v) is 2.63. The van der Waals surface area contributed by atoms with Gasteiger partial charge in [-0.05, 0) is 36.8 Å². The molecule has 6 heteroatoms. The van der Waals surface area contributed by atoms with Gasteiger partial charge in [0.1, 0.15) is 10.7 Å². The first-order valence-corrected chi connectivity index (χ1v) is 6.51. The van der Waals surface area contributed by atoms with Crippen LogP contribution in [-0.2, 0) is 4.84 Å². The lowest BCUT2D eigenvalue weighted by molar-refractivity contribution is 0.0702. The number of carboxylic acid groups (broad SMARTS) is 1.